The van der Waals surface area contributed by atoms with Crippen LogP contribution in [0.4, 0.5) is 5.69 Å². The molecule has 0 radical (unpaired) electrons. The third-order valence-electron chi connectivity index (χ3n) is 3.52. The van der Waals surface area contributed by atoms with Gasteiger partial charge < -0.3 is 9.73 Å². The van der Waals surface area contributed by atoms with Gasteiger partial charge in [-0.25, -0.2) is 0 Å². The second-order valence-corrected chi connectivity index (χ2v) is 5.70. The van der Waals surface area contributed by atoms with Crippen molar-refractivity contribution in [2.24, 2.45) is 0 Å². The van der Waals surface area contributed by atoms with Crippen molar-refractivity contribution < 1.29 is 14.0 Å². The highest BCUT2D eigenvalue weighted by molar-refractivity contribution is 6.31. The highest BCUT2D eigenvalue weighted by Crippen LogP contribution is 2.19. The Bertz CT molecular complexity index is 1010. The predicted molar refractivity (Wildman–Crippen MR) is 91.5 cm³/mol. The Hall–Kier alpha value is -2.92. The molecular formula is C18H13ClN2O3. The van der Waals surface area contributed by atoms with Crippen LogP contribution in [0.25, 0.3) is 11.0 Å². The number of rotatable bonds is 3. The summed E-state index contributed by atoms with van der Waals surface area (Å²) in [5.41, 5.74) is 1.43. The number of hydrogen-bond acceptors (Lipinski definition) is 4. The van der Waals surface area contributed by atoms with Gasteiger partial charge in [-0.05, 0) is 55.5 Å². The van der Waals surface area contributed by atoms with Crippen LogP contribution in [0.15, 0.2) is 52.9 Å². The Morgan fingerprint density at radius 3 is 2.46 bits per heavy atom. The monoisotopic (exact) mass is 340 g/mol. The number of carbonyl (C=O) groups is 2. The van der Waals surface area contributed by atoms with Crippen LogP contribution in [0, 0.1) is 5.41 Å². The molecule has 1 aromatic heterocycles. The minimum absolute atomic E-state index is 0.0495. The maximum Gasteiger partial charge on any atom is 0.261 e. The van der Waals surface area contributed by atoms with Crippen molar-refractivity contribution in [2.45, 2.75) is 6.92 Å². The molecule has 0 spiro atoms. The van der Waals surface area contributed by atoms with E-state index < -0.39 is 5.91 Å². The Balaban J connectivity index is 1.91. The summed E-state index contributed by atoms with van der Waals surface area (Å²) in [6.45, 7) is 1.47. The van der Waals surface area contributed by atoms with Gasteiger partial charge in [0.1, 0.15) is 11.1 Å². The van der Waals surface area contributed by atoms with Crippen molar-refractivity contribution in [3.63, 3.8) is 0 Å². The zero-order valence-electron chi connectivity index (χ0n) is 12.7. The summed E-state index contributed by atoms with van der Waals surface area (Å²) in [6, 6.07) is 13.1. The van der Waals surface area contributed by atoms with E-state index in [9.17, 15) is 9.59 Å². The molecule has 0 aliphatic carbocycles. The maximum absolute atomic E-state index is 12.4. The van der Waals surface area contributed by atoms with Crippen molar-refractivity contribution in [1.29, 1.82) is 5.41 Å². The smallest absolute Gasteiger partial charge is 0.261 e. The standard InChI is InChI=1S/C18H13ClN2O3/c1-10(22)11-2-5-14(6-3-11)21-18(23)15-9-12-8-13(19)4-7-16(12)24-17(15)20/h2-9,20H,1H3,(H,21,23). The molecule has 0 bridgehead atoms. The number of amides is 1. The average Bonchev–Trinajstić information content (AvgIpc) is 2.55. The first-order chi connectivity index (χ1) is 11.4. The van der Waals surface area contributed by atoms with E-state index in [1.54, 1.807) is 48.5 Å². The molecule has 1 heterocycles. The molecule has 3 aromatic rings. The first-order valence-electron chi connectivity index (χ1n) is 7.14. The number of ketones is 1. The molecule has 5 nitrogen and oxygen atoms in total. The third kappa shape index (κ3) is 3.21. The number of Topliss-reactive ketones (excluding diaryl/α,β-unsaturated/α-hetero) is 1. The van der Waals surface area contributed by atoms with Gasteiger partial charge in [0.15, 0.2) is 5.78 Å². The fourth-order valence-corrected chi connectivity index (χ4v) is 2.45. The topological polar surface area (TPSA) is 83.2 Å². The molecule has 0 aliphatic rings. The molecule has 0 atom stereocenters. The summed E-state index contributed by atoms with van der Waals surface area (Å²) in [6.07, 6.45) is 0. The number of halogens is 1. The van der Waals surface area contributed by atoms with Gasteiger partial charge >= 0.3 is 0 Å². The van der Waals surface area contributed by atoms with Gasteiger partial charge in [0.05, 0.1) is 0 Å². The lowest BCUT2D eigenvalue weighted by Gasteiger charge is -2.07. The predicted octanol–water partition coefficient (Wildman–Crippen LogP) is 4.02. The molecule has 0 aliphatic heterocycles. The lowest BCUT2D eigenvalue weighted by Crippen LogP contribution is -2.20. The van der Waals surface area contributed by atoms with Gasteiger partial charge in [-0.15, -0.1) is 0 Å². The molecule has 2 aromatic carbocycles. The highest BCUT2D eigenvalue weighted by atomic mass is 35.5. The largest absolute Gasteiger partial charge is 0.438 e. The molecule has 0 saturated heterocycles. The zero-order chi connectivity index (χ0) is 17.3. The average molecular weight is 341 g/mol. The first kappa shape index (κ1) is 16.0. The van der Waals surface area contributed by atoms with Gasteiger partial charge in [-0.3, -0.25) is 15.0 Å². The molecule has 3 rings (SSSR count). The summed E-state index contributed by atoms with van der Waals surface area (Å²) >= 11 is 5.94. The highest BCUT2D eigenvalue weighted by Gasteiger charge is 2.12. The van der Waals surface area contributed by atoms with E-state index in [-0.39, 0.29) is 16.9 Å². The van der Waals surface area contributed by atoms with Crippen LogP contribution in [-0.4, -0.2) is 11.7 Å². The van der Waals surface area contributed by atoms with E-state index in [0.29, 0.717) is 27.2 Å². The van der Waals surface area contributed by atoms with Crippen LogP contribution in [-0.2, 0) is 0 Å². The SMILES string of the molecule is CC(=O)c1ccc(NC(=O)c2cc3cc(Cl)ccc3oc2=N)cc1. The van der Waals surface area contributed by atoms with Crippen LogP contribution < -0.4 is 10.9 Å². The van der Waals surface area contributed by atoms with Crippen LogP contribution in [0.3, 0.4) is 0 Å². The number of carbonyl (C=O) groups excluding carboxylic acids is 2. The van der Waals surface area contributed by atoms with E-state index in [4.69, 9.17) is 21.4 Å². The molecular weight excluding hydrogens is 328 g/mol. The van der Waals surface area contributed by atoms with Crippen molar-refractivity contribution in [3.05, 3.63) is 70.2 Å². The van der Waals surface area contributed by atoms with Crippen LogP contribution in [0.2, 0.25) is 5.02 Å². The fourth-order valence-electron chi connectivity index (χ4n) is 2.27. The summed E-state index contributed by atoms with van der Waals surface area (Å²) < 4.78 is 5.36. The number of anilines is 1. The molecule has 0 fully saturated rings. The van der Waals surface area contributed by atoms with Gasteiger partial charge in [0.25, 0.3) is 5.91 Å². The number of hydrogen-bond donors (Lipinski definition) is 2. The number of benzene rings is 2. The molecule has 120 valence electrons. The first-order valence-corrected chi connectivity index (χ1v) is 7.52. The Morgan fingerprint density at radius 2 is 1.79 bits per heavy atom. The molecule has 2 N–H and O–H groups in total. The number of fused-ring (bicyclic) bond motifs is 1. The van der Waals surface area contributed by atoms with Gasteiger partial charge in [-0.2, -0.15) is 0 Å². The normalized spacial score (nSPS) is 10.6. The van der Waals surface area contributed by atoms with Gasteiger partial charge in [-0.1, -0.05) is 11.6 Å². The summed E-state index contributed by atoms with van der Waals surface area (Å²) in [4.78, 5) is 23.7. The second kappa shape index (κ2) is 6.29. The van der Waals surface area contributed by atoms with Crippen molar-refractivity contribution >= 4 is 39.9 Å². The van der Waals surface area contributed by atoms with E-state index in [1.807, 2.05) is 0 Å². The van der Waals surface area contributed by atoms with E-state index >= 15 is 0 Å². The van der Waals surface area contributed by atoms with E-state index in [1.165, 1.54) is 6.92 Å². The Morgan fingerprint density at radius 1 is 1.08 bits per heavy atom. The van der Waals surface area contributed by atoms with Crippen LogP contribution in [0.5, 0.6) is 0 Å². The molecule has 24 heavy (non-hydrogen) atoms. The fraction of sp³-hybridized carbons (Fsp3) is 0.0556. The maximum atomic E-state index is 12.4. The van der Waals surface area contributed by atoms with Crippen LogP contribution in [0.1, 0.15) is 27.6 Å². The van der Waals surface area contributed by atoms with Crippen LogP contribution >= 0.6 is 11.6 Å². The third-order valence-corrected chi connectivity index (χ3v) is 3.76. The molecule has 1 amide bonds. The van der Waals surface area contributed by atoms with E-state index in [2.05, 4.69) is 5.32 Å². The summed E-state index contributed by atoms with van der Waals surface area (Å²) in [5.74, 6) is -0.521. The van der Waals surface area contributed by atoms with Gasteiger partial charge in [0.2, 0.25) is 5.55 Å². The van der Waals surface area contributed by atoms with Crippen molar-refractivity contribution in [1.82, 2.24) is 0 Å². The van der Waals surface area contributed by atoms with Crippen molar-refractivity contribution in [2.75, 3.05) is 5.32 Å². The number of nitrogens with one attached hydrogen (secondary N) is 2. The lowest BCUT2D eigenvalue weighted by atomic mass is 10.1. The minimum atomic E-state index is -0.471. The Labute approximate surface area is 142 Å². The lowest BCUT2D eigenvalue weighted by molar-refractivity contribution is 0.101. The minimum Gasteiger partial charge on any atom is -0.438 e. The molecule has 0 saturated carbocycles. The Kier molecular flexibility index (Phi) is 4.18. The van der Waals surface area contributed by atoms with E-state index in [0.717, 1.165) is 0 Å². The van der Waals surface area contributed by atoms with Crippen molar-refractivity contribution in [3.8, 4) is 0 Å². The molecule has 6 heteroatoms. The summed E-state index contributed by atoms with van der Waals surface area (Å²) in [7, 11) is 0. The zero-order valence-corrected chi connectivity index (χ0v) is 13.5. The van der Waals surface area contributed by atoms with Gasteiger partial charge in [0, 0.05) is 21.7 Å². The molecule has 0 unspecified atom stereocenters. The summed E-state index contributed by atoms with van der Waals surface area (Å²) in [5, 5.41) is 11.7. The second-order valence-electron chi connectivity index (χ2n) is 5.26. The quantitative estimate of drug-likeness (QED) is 0.706.